The number of hydrogen-bond donors (Lipinski definition) is 2. The van der Waals surface area contributed by atoms with Crippen LogP contribution in [0.3, 0.4) is 0 Å². The van der Waals surface area contributed by atoms with E-state index in [0.29, 0.717) is 18.5 Å². The van der Waals surface area contributed by atoms with Gasteiger partial charge in [-0.1, -0.05) is 0 Å². The summed E-state index contributed by atoms with van der Waals surface area (Å²) in [5.41, 5.74) is 6.03. The van der Waals surface area contributed by atoms with Crippen LogP contribution in [0.4, 0.5) is 5.69 Å². The molecular weight excluding hydrogens is 268 g/mol. The molecule has 6 nitrogen and oxygen atoms in total. The number of nitrogens with two attached hydrogens (primary N) is 1. The van der Waals surface area contributed by atoms with E-state index < -0.39 is 21.9 Å². The SMILES string of the molecule is Nc1ccc(S(=O)(=O)N2CCC(C(=O)O)CC2)cc1. The zero-order valence-corrected chi connectivity index (χ0v) is 11.1. The summed E-state index contributed by atoms with van der Waals surface area (Å²) in [4.78, 5) is 11.0. The Morgan fingerprint density at radius 1 is 1.21 bits per heavy atom. The van der Waals surface area contributed by atoms with Crippen LogP contribution in [0, 0.1) is 5.92 Å². The van der Waals surface area contributed by atoms with Crippen LogP contribution in [0.2, 0.25) is 0 Å². The Bertz CT molecular complexity index is 560. The van der Waals surface area contributed by atoms with Gasteiger partial charge in [-0.15, -0.1) is 0 Å². The molecular formula is C12H16N2O4S. The smallest absolute Gasteiger partial charge is 0.306 e. The molecule has 1 aliphatic rings. The van der Waals surface area contributed by atoms with Crippen LogP contribution in [0.25, 0.3) is 0 Å². The lowest BCUT2D eigenvalue weighted by Crippen LogP contribution is -2.40. The van der Waals surface area contributed by atoms with E-state index in [2.05, 4.69) is 0 Å². The molecule has 0 bridgehead atoms. The number of nitrogens with zero attached hydrogens (tertiary/aromatic N) is 1. The fourth-order valence-electron chi connectivity index (χ4n) is 2.13. The van der Waals surface area contributed by atoms with E-state index in [-0.39, 0.29) is 18.0 Å². The second-order valence-corrected chi connectivity index (χ2v) is 6.52. The number of piperidine rings is 1. The maximum absolute atomic E-state index is 12.3. The van der Waals surface area contributed by atoms with Crippen LogP contribution < -0.4 is 5.73 Å². The van der Waals surface area contributed by atoms with Gasteiger partial charge in [-0.05, 0) is 37.1 Å². The van der Waals surface area contributed by atoms with E-state index in [1.165, 1.54) is 28.6 Å². The number of carboxylic acids is 1. The van der Waals surface area contributed by atoms with Crippen LogP contribution in [0.15, 0.2) is 29.2 Å². The molecule has 19 heavy (non-hydrogen) atoms. The maximum Gasteiger partial charge on any atom is 0.306 e. The highest BCUT2D eigenvalue weighted by atomic mass is 32.2. The first-order valence-electron chi connectivity index (χ1n) is 6.00. The first kappa shape index (κ1) is 13.8. The van der Waals surface area contributed by atoms with Crippen molar-refractivity contribution >= 4 is 21.7 Å². The van der Waals surface area contributed by atoms with Gasteiger partial charge in [-0.3, -0.25) is 4.79 Å². The average molecular weight is 284 g/mol. The van der Waals surface area contributed by atoms with Crippen molar-refractivity contribution in [2.75, 3.05) is 18.8 Å². The van der Waals surface area contributed by atoms with Gasteiger partial charge in [0.2, 0.25) is 10.0 Å². The van der Waals surface area contributed by atoms with Gasteiger partial charge in [0, 0.05) is 18.8 Å². The third-order valence-corrected chi connectivity index (χ3v) is 5.23. The normalized spacial score (nSPS) is 18.3. The summed E-state index contributed by atoms with van der Waals surface area (Å²) in [5, 5.41) is 8.89. The molecule has 1 saturated heterocycles. The largest absolute Gasteiger partial charge is 0.481 e. The fourth-order valence-corrected chi connectivity index (χ4v) is 3.60. The van der Waals surface area contributed by atoms with Crippen molar-refractivity contribution in [3.8, 4) is 0 Å². The van der Waals surface area contributed by atoms with Crippen LogP contribution in [-0.4, -0.2) is 36.9 Å². The molecule has 1 aromatic carbocycles. The molecule has 0 saturated carbocycles. The van der Waals surface area contributed by atoms with Gasteiger partial charge < -0.3 is 10.8 Å². The second-order valence-electron chi connectivity index (χ2n) is 4.59. The van der Waals surface area contributed by atoms with Crippen LogP contribution in [0.1, 0.15) is 12.8 Å². The molecule has 0 aliphatic carbocycles. The molecule has 1 fully saturated rings. The van der Waals surface area contributed by atoms with E-state index in [1.807, 2.05) is 0 Å². The lowest BCUT2D eigenvalue weighted by Gasteiger charge is -2.29. The Morgan fingerprint density at radius 2 is 1.74 bits per heavy atom. The van der Waals surface area contributed by atoms with E-state index >= 15 is 0 Å². The van der Waals surface area contributed by atoms with Gasteiger partial charge in [0.1, 0.15) is 0 Å². The Morgan fingerprint density at radius 3 is 2.21 bits per heavy atom. The molecule has 1 heterocycles. The van der Waals surface area contributed by atoms with Gasteiger partial charge in [-0.25, -0.2) is 8.42 Å². The Kier molecular flexibility index (Phi) is 3.77. The minimum Gasteiger partial charge on any atom is -0.481 e. The van der Waals surface area contributed by atoms with Crippen LogP contribution >= 0.6 is 0 Å². The first-order chi connectivity index (χ1) is 8.91. The van der Waals surface area contributed by atoms with Crippen LogP contribution in [0.5, 0.6) is 0 Å². The summed E-state index contributed by atoms with van der Waals surface area (Å²) < 4.78 is 26.0. The Labute approximate surface area is 111 Å². The fraction of sp³-hybridized carbons (Fsp3) is 0.417. The van der Waals surface area contributed by atoms with Crippen LogP contribution in [-0.2, 0) is 14.8 Å². The molecule has 1 aromatic rings. The number of hydrogen-bond acceptors (Lipinski definition) is 4. The maximum atomic E-state index is 12.3. The number of carbonyl (C=O) groups is 1. The average Bonchev–Trinajstić information content (AvgIpc) is 2.39. The highest BCUT2D eigenvalue weighted by Crippen LogP contribution is 2.24. The van der Waals surface area contributed by atoms with Crippen molar-refractivity contribution in [3.05, 3.63) is 24.3 Å². The van der Waals surface area contributed by atoms with E-state index in [9.17, 15) is 13.2 Å². The standard InChI is InChI=1S/C12H16N2O4S/c13-10-1-3-11(4-2-10)19(17,18)14-7-5-9(6-8-14)12(15)16/h1-4,9H,5-8,13H2,(H,15,16). The second kappa shape index (κ2) is 5.18. The van der Waals surface area contributed by atoms with Crippen molar-refractivity contribution in [3.63, 3.8) is 0 Å². The van der Waals surface area contributed by atoms with E-state index in [1.54, 1.807) is 0 Å². The molecule has 3 N–H and O–H groups in total. The number of rotatable bonds is 3. The lowest BCUT2D eigenvalue weighted by atomic mass is 9.99. The predicted octanol–water partition coefficient (Wildman–Crippen LogP) is 0.754. The lowest BCUT2D eigenvalue weighted by molar-refractivity contribution is -0.142. The topological polar surface area (TPSA) is 101 Å². The molecule has 0 spiro atoms. The van der Waals surface area contributed by atoms with Gasteiger partial charge in [-0.2, -0.15) is 4.31 Å². The van der Waals surface area contributed by atoms with Gasteiger partial charge in [0.05, 0.1) is 10.8 Å². The minimum absolute atomic E-state index is 0.190. The summed E-state index contributed by atoms with van der Waals surface area (Å²) >= 11 is 0. The third-order valence-electron chi connectivity index (χ3n) is 3.32. The molecule has 0 atom stereocenters. The zero-order valence-electron chi connectivity index (χ0n) is 10.3. The third kappa shape index (κ3) is 2.87. The van der Waals surface area contributed by atoms with E-state index in [0.717, 1.165) is 0 Å². The highest BCUT2D eigenvalue weighted by molar-refractivity contribution is 7.89. The molecule has 7 heteroatoms. The summed E-state index contributed by atoms with van der Waals surface area (Å²) in [6.45, 7) is 0.480. The molecule has 0 amide bonds. The van der Waals surface area contributed by atoms with Crippen molar-refractivity contribution in [1.82, 2.24) is 4.31 Å². The molecule has 2 rings (SSSR count). The van der Waals surface area contributed by atoms with Crippen molar-refractivity contribution < 1.29 is 18.3 Å². The van der Waals surface area contributed by atoms with Gasteiger partial charge in [0.15, 0.2) is 0 Å². The summed E-state index contributed by atoms with van der Waals surface area (Å²) in [6.07, 6.45) is 0.701. The number of anilines is 1. The van der Waals surface area contributed by atoms with Gasteiger partial charge >= 0.3 is 5.97 Å². The first-order valence-corrected chi connectivity index (χ1v) is 7.44. The highest BCUT2D eigenvalue weighted by Gasteiger charge is 2.31. The molecule has 1 aliphatic heterocycles. The Balaban J connectivity index is 2.14. The molecule has 0 radical (unpaired) electrons. The summed E-state index contributed by atoms with van der Waals surface area (Å²) in [7, 11) is -3.54. The number of benzene rings is 1. The molecule has 0 unspecified atom stereocenters. The van der Waals surface area contributed by atoms with Crippen molar-refractivity contribution in [1.29, 1.82) is 0 Å². The van der Waals surface area contributed by atoms with Crippen molar-refractivity contribution in [2.45, 2.75) is 17.7 Å². The summed E-state index contributed by atoms with van der Waals surface area (Å²) in [6, 6.07) is 6.01. The predicted molar refractivity (Wildman–Crippen MR) is 70.0 cm³/mol. The van der Waals surface area contributed by atoms with Crippen molar-refractivity contribution in [2.24, 2.45) is 5.92 Å². The quantitative estimate of drug-likeness (QED) is 0.798. The summed E-state index contributed by atoms with van der Waals surface area (Å²) in [5.74, 6) is -1.30. The number of nitrogen functional groups attached to an aromatic ring is 1. The monoisotopic (exact) mass is 284 g/mol. The zero-order chi connectivity index (χ0) is 14.0. The number of sulfonamides is 1. The number of carboxylic acid groups (broad SMARTS) is 1. The van der Waals surface area contributed by atoms with Gasteiger partial charge in [0.25, 0.3) is 0 Å². The number of aliphatic carboxylic acids is 1. The van der Waals surface area contributed by atoms with E-state index in [4.69, 9.17) is 10.8 Å². The molecule has 104 valence electrons. The minimum atomic E-state index is -3.54. The molecule has 0 aromatic heterocycles. The Hall–Kier alpha value is -1.60.